The lowest BCUT2D eigenvalue weighted by Crippen LogP contribution is -2.34. The average molecular weight is 254 g/mol. The highest BCUT2D eigenvalue weighted by atomic mass is 16.6. The predicted molar refractivity (Wildman–Crippen MR) is 71.3 cm³/mol. The molecule has 1 heterocycles. The Balaban J connectivity index is 1.73. The maximum Gasteiger partial charge on any atom is 0.409 e. The van der Waals surface area contributed by atoms with Crippen molar-refractivity contribution in [2.75, 3.05) is 26.2 Å². The van der Waals surface area contributed by atoms with Gasteiger partial charge in [0.2, 0.25) is 0 Å². The number of amides is 1. The lowest BCUT2D eigenvalue weighted by molar-refractivity contribution is 0.0822. The largest absolute Gasteiger partial charge is 0.449 e. The molecule has 0 bridgehead atoms. The number of hydrogen-bond donors (Lipinski definition) is 1. The molecule has 0 aromatic rings. The van der Waals surface area contributed by atoms with Gasteiger partial charge in [-0.25, -0.2) is 4.79 Å². The van der Waals surface area contributed by atoms with Crippen LogP contribution >= 0.6 is 0 Å². The van der Waals surface area contributed by atoms with Crippen molar-refractivity contribution < 1.29 is 9.53 Å². The van der Waals surface area contributed by atoms with Crippen LogP contribution in [0.3, 0.4) is 0 Å². The highest BCUT2D eigenvalue weighted by molar-refractivity contribution is 5.67. The highest BCUT2D eigenvalue weighted by Gasteiger charge is 2.28. The molecule has 0 aromatic heterocycles. The van der Waals surface area contributed by atoms with E-state index in [1.165, 1.54) is 25.7 Å². The SMILES string of the molecule is NCC1CCCC1COC(=O)N1CCCCCC1. The first-order chi connectivity index (χ1) is 8.81. The van der Waals surface area contributed by atoms with Gasteiger partial charge in [0.25, 0.3) is 0 Å². The van der Waals surface area contributed by atoms with Gasteiger partial charge in [0.05, 0.1) is 6.61 Å². The van der Waals surface area contributed by atoms with E-state index in [0.29, 0.717) is 18.4 Å². The number of hydrogen-bond acceptors (Lipinski definition) is 3. The highest BCUT2D eigenvalue weighted by Crippen LogP contribution is 2.31. The fraction of sp³-hybridized carbons (Fsp3) is 0.929. The van der Waals surface area contributed by atoms with Crippen LogP contribution in [0.1, 0.15) is 44.9 Å². The Labute approximate surface area is 110 Å². The molecule has 1 aliphatic carbocycles. The Morgan fingerprint density at radius 1 is 1.06 bits per heavy atom. The van der Waals surface area contributed by atoms with Crippen molar-refractivity contribution in [3.05, 3.63) is 0 Å². The molecular weight excluding hydrogens is 228 g/mol. The van der Waals surface area contributed by atoms with Gasteiger partial charge in [-0.15, -0.1) is 0 Å². The van der Waals surface area contributed by atoms with Gasteiger partial charge in [-0.1, -0.05) is 19.3 Å². The summed E-state index contributed by atoms with van der Waals surface area (Å²) in [6, 6.07) is 0. The minimum Gasteiger partial charge on any atom is -0.449 e. The molecule has 0 aromatic carbocycles. The summed E-state index contributed by atoms with van der Waals surface area (Å²) in [7, 11) is 0. The van der Waals surface area contributed by atoms with Crippen molar-refractivity contribution in [1.82, 2.24) is 4.90 Å². The Morgan fingerprint density at radius 3 is 2.39 bits per heavy atom. The summed E-state index contributed by atoms with van der Waals surface area (Å²) in [6.45, 7) is 3.02. The van der Waals surface area contributed by atoms with E-state index in [9.17, 15) is 4.79 Å². The molecule has 2 unspecified atom stereocenters. The van der Waals surface area contributed by atoms with Crippen LogP contribution < -0.4 is 5.73 Å². The summed E-state index contributed by atoms with van der Waals surface area (Å²) in [6.07, 6.45) is 8.18. The molecule has 18 heavy (non-hydrogen) atoms. The van der Waals surface area contributed by atoms with Crippen LogP contribution in [0.2, 0.25) is 0 Å². The number of nitrogens with two attached hydrogens (primary N) is 1. The standard InChI is InChI=1S/C14H26N2O2/c15-10-12-6-5-7-13(12)11-18-14(17)16-8-3-1-2-4-9-16/h12-13H,1-11,15H2. The van der Waals surface area contributed by atoms with Gasteiger partial charge >= 0.3 is 6.09 Å². The Bertz CT molecular complexity index is 263. The summed E-state index contributed by atoms with van der Waals surface area (Å²) >= 11 is 0. The molecule has 0 spiro atoms. The molecule has 2 N–H and O–H groups in total. The van der Waals surface area contributed by atoms with Gasteiger partial charge in [0, 0.05) is 13.1 Å². The number of rotatable bonds is 3. The number of carbonyl (C=O) groups is 1. The summed E-state index contributed by atoms with van der Waals surface area (Å²) < 4.78 is 5.48. The predicted octanol–water partition coefficient (Wildman–Crippen LogP) is 2.37. The molecule has 4 nitrogen and oxygen atoms in total. The van der Waals surface area contributed by atoms with Crippen LogP contribution in [0.15, 0.2) is 0 Å². The van der Waals surface area contributed by atoms with Crippen molar-refractivity contribution in [1.29, 1.82) is 0 Å². The third-order valence-corrected chi connectivity index (χ3v) is 4.40. The zero-order valence-electron chi connectivity index (χ0n) is 11.3. The molecule has 2 fully saturated rings. The Morgan fingerprint density at radius 2 is 1.72 bits per heavy atom. The maximum absolute atomic E-state index is 12.0. The molecule has 1 saturated heterocycles. The molecule has 1 aliphatic heterocycles. The van der Waals surface area contributed by atoms with Gasteiger partial charge in [-0.2, -0.15) is 0 Å². The van der Waals surface area contributed by atoms with Gasteiger partial charge in [-0.3, -0.25) is 0 Å². The third kappa shape index (κ3) is 3.61. The second kappa shape index (κ2) is 6.98. The molecule has 1 saturated carbocycles. The van der Waals surface area contributed by atoms with E-state index in [1.807, 2.05) is 4.90 Å². The van der Waals surface area contributed by atoms with Crippen LogP contribution in [-0.4, -0.2) is 37.2 Å². The van der Waals surface area contributed by atoms with Crippen molar-refractivity contribution in [3.8, 4) is 0 Å². The van der Waals surface area contributed by atoms with E-state index >= 15 is 0 Å². The summed E-state index contributed by atoms with van der Waals surface area (Å²) in [5.74, 6) is 1.05. The molecule has 1 amide bonds. The molecule has 2 rings (SSSR count). The lowest BCUT2D eigenvalue weighted by atomic mass is 9.97. The zero-order chi connectivity index (χ0) is 12.8. The number of carbonyl (C=O) groups excluding carboxylic acids is 1. The van der Waals surface area contributed by atoms with Gasteiger partial charge < -0.3 is 15.4 Å². The Kier molecular flexibility index (Phi) is 5.29. The summed E-state index contributed by atoms with van der Waals surface area (Å²) in [5.41, 5.74) is 5.74. The number of likely N-dealkylation sites (tertiary alicyclic amines) is 1. The zero-order valence-corrected chi connectivity index (χ0v) is 11.3. The molecule has 0 radical (unpaired) electrons. The van der Waals surface area contributed by atoms with Crippen molar-refractivity contribution in [3.63, 3.8) is 0 Å². The second-order valence-electron chi connectivity index (χ2n) is 5.66. The quantitative estimate of drug-likeness (QED) is 0.841. The third-order valence-electron chi connectivity index (χ3n) is 4.40. The summed E-state index contributed by atoms with van der Waals surface area (Å²) in [5, 5.41) is 0. The van der Waals surface area contributed by atoms with E-state index in [0.717, 1.165) is 38.9 Å². The lowest BCUT2D eigenvalue weighted by Gasteiger charge is -2.22. The van der Waals surface area contributed by atoms with E-state index < -0.39 is 0 Å². The number of nitrogens with zero attached hydrogens (tertiary/aromatic N) is 1. The first-order valence-electron chi connectivity index (χ1n) is 7.43. The fourth-order valence-electron chi connectivity index (χ4n) is 3.17. The topological polar surface area (TPSA) is 55.6 Å². The Hall–Kier alpha value is -0.770. The van der Waals surface area contributed by atoms with Crippen LogP contribution in [0.5, 0.6) is 0 Å². The normalized spacial score (nSPS) is 29.1. The van der Waals surface area contributed by atoms with Gasteiger partial charge in [0.15, 0.2) is 0 Å². The van der Waals surface area contributed by atoms with Gasteiger partial charge in [0.1, 0.15) is 0 Å². The molecule has 4 heteroatoms. The average Bonchev–Trinajstić information content (AvgIpc) is 2.67. The molecular formula is C14H26N2O2. The van der Waals surface area contributed by atoms with Crippen molar-refractivity contribution in [2.24, 2.45) is 17.6 Å². The van der Waals surface area contributed by atoms with E-state index in [1.54, 1.807) is 0 Å². The number of ether oxygens (including phenoxy) is 1. The minimum absolute atomic E-state index is 0.112. The maximum atomic E-state index is 12.0. The van der Waals surface area contributed by atoms with Gasteiger partial charge in [-0.05, 0) is 44.1 Å². The van der Waals surface area contributed by atoms with Crippen LogP contribution in [0.4, 0.5) is 4.79 Å². The smallest absolute Gasteiger partial charge is 0.409 e. The van der Waals surface area contributed by atoms with Crippen LogP contribution in [0, 0.1) is 11.8 Å². The van der Waals surface area contributed by atoms with E-state index in [4.69, 9.17) is 10.5 Å². The van der Waals surface area contributed by atoms with E-state index in [2.05, 4.69) is 0 Å². The molecule has 2 aliphatic rings. The molecule has 104 valence electrons. The molecule has 2 atom stereocenters. The summed E-state index contributed by atoms with van der Waals surface area (Å²) in [4.78, 5) is 13.8. The minimum atomic E-state index is -0.112. The fourth-order valence-corrected chi connectivity index (χ4v) is 3.17. The van der Waals surface area contributed by atoms with Crippen molar-refractivity contribution in [2.45, 2.75) is 44.9 Å². The monoisotopic (exact) mass is 254 g/mol. The van der Waals surface area contributed by atoms with Crippen LogP contribution in [-0.2, 0) is 4.74 Å². The second-order valence-corrected chi connectivity index (χ2v) is 5.66. The first-order valence-corrected chi connectivity index (χ1v) is 7.43. The van der Waals surface area contributed by atoms with E-state index in [-0.39, 0.29) is 6.09 Å². The van der Waals surface area contributed by atoms with Crippen LogP contribution in [0.25, 0.3) is 0 Å². The first kappa shape index (κ1) is 13.7. The van der Waals surface area contributed by atoms with Crippen molar-refractivity contribution >= 4 is 6.09 Å².